The Balaban J connectivity index is 1.09. The fraction of sp³-hybridized carbons (Fsp3) is 0.357. The summed E-state index contributed by atoms with van der Waals surface area (Å²) < 4.78 is 27.4. The molecule has 0 aromatic heterocycles. The zero-order valence-corrected chi connectivity index (χ0v) is 31.6. The number of fused-ring (bicyclic) bond motifs is 1. The van der Waals surface area contributed by atoms with Crippen molar-refractivity contribution in [3.05, 3.63) is 84.9 Å². The number of carbonyl (C=O) groups excluding carboxylic acids is 4. The third-order valence-electron chi connectivity index (χ3n) is 8.97. The van der Waals surface area contributed by atoms with E-state index in [1.807, 2.05) is 24.3 Å². The van der Waals surface area contributed by atoms with Crippen molar-refractivity contribution in [2.45, 2.75) is 68.7 Å². The van der Waals surface area contributed by atoms with Gasteiger partial charge in [-0.3, -0.25) is 19.4 Å². The number of hydrogen-bond donors (Lipinski definition) is 1. The van der Waals surface area contributed by atoms with Crippen molar-refractivity contribution in [3.63, 3.8) is 0 Å². The third kappa shape index (κ3) is 12.4. The molecule has 1 atom stereocenters. The smallest absolute Gasteiger partial charge is 0.330 e. The van der Waals surface area contributed by atoms with Gasteiger partial charge in [0.25, 0.3) is 6.47 Å². The first-order valence-corrected chi connectivity index (χ1v) is 19.2. The summed E-state index contributed by atoms with van der Waals surface area (Å²) in [6, 6.07) is 19.6. The molecule has 1 N–H and O–H groups in total. The fourth-order valence-corrected chi connectivity index (χ4v) is 7.06. The van der Waals surface area contributed by atoms with E-state index in [4.69, 9.17) is 28.8 Å². The van der Waals surface area contributed by atoms with E-state index in [2.05, 4.69) is 23.7 Å². The van der Waals surface area contributed by atoms with Crippen LogP contribution in [0.4, 0.5) is 5.69 Å². The van der Waals surface area contributed by atoms with Crippen molar-refractivity contribution in [2.75, 3.05) is 25.1 Å². The summed E-state index contributed by atoms with van der Waals surface area (Å²) in [5.74, 6) is 5.71. The zero-order chi connectivity index (χ0) is 38.8. The molecular weight excluding hydrogens is 723 g/mol. The highest BCUT2D eigenvalue weighted by atomic mass is 32.2. The molecule has 5 rings (SSSR count). The number of nitrogens with zero attached hydrogens (tertiary/aromatic N) is 2. The summed E-state index contributed by atoms with van der Waals surface area (Å²) in [6.45, 7) is 6.74. The molecule has 0 amide bonds. The Morgan fingerprint density at radius 2 is 1.56 bits per heavy atom. The first-order valence-electron chi connectivity index (χ1n) is 18.3. The molecular formula is C42H45N3O9S. The van der Waals surface area contributed by atoms with Gasteiger partial charge in [-0.2, -0.15) is 5.10 Å². The number of ether oxygens (including phenoxy) is 5. The molecule has 2 aliphatic rings. The van der Waals surface area contributed by atoms with Crippen molar-refractivity contribution >= 4 is 48.0 Å². The predicted molar refractivity (Wildman–Crippen MR) is 209 cm³/mol. The molecule has 1 saturated carbocycles. The Bertz CT molecular complexity index is 1860. The molecule has 1 unspecified atom stereocenters. The van der Waals surface area contributed by atoms with Crippen LogP contribution in [0.2, 0.25) is 0 Å². The zero-order valence-electron chi connectivity index (χ0n) is 30.8. The number of hydrazone groups is 1. The minimum Gasteiger partial charge on any atom is -0.494 e. The fourth-order valence-electron chi connectivity index (χ4n) is 5.98. The summed E-state index contributed by atoms with van der Waals surface area (Å²) in [5, 5.41) is 9.94. The van der Waals surface area contributed by atoms with Gasteiger partial charge in [0.15, 0.2) is 5.50 Å². The minimum absolute atomic E-state index is 0.216. The molecule has 0 radical (unpaired) electrons. The number of esters is 3. The SMILES string of the molecule is C=CC(=O)OCCCCCCOc1ccc(OC(=O)C2CCC(C(=O)Oc3ccc(OC=O)cc3/C=N/N(CC#CC)C3Nc4ccccc4S3)CC2)cc1. The standard InChI is InChI=1S/C42H45N3O9S/c1-3-5-24-45(42-44-36-12-8-9-13-38(36)55-42)43-28-32-27-35(52-29-46)22-23-37(32)54-41(49)31-16-14-30(15-17-31)40(48)53-34-20-18-33(19-21-34)50-25-10-6-7-11-26-51-39(47)4-2/h4,8-9,12-13,18-23,27-31,42,44H,2,6-7,10-11,14-17,24-26H2,1H3/b43-28+. The van der Waals surface area contributed by atoms with E-state index in [0.29, 0.717) is 69.0 Å². The summed E-state index contributed by atoms with van der Waals surface area (Å²) >= 11 is 1.61. The quantitative estimate of drug-likeness (QED) is 0.0190. The highest BCUT2D eigenvalue weighted by Crippen LogP contribution is 2.39. The number of carbonyl (C=O) groups is 4. The molecule has 288 valence electrons. The van der Waals surface area contributed by atoms with Gasteiger partial charge < -0.3 is 29.0 Å². The second-order valence-electron chi connectivity index (χ2n) is 12.8. The largest absolute Gasteiger partial charge is 0.494 e. The lowest BCUT2D eigenvalue weighted by Gasteiger charge is -2.26. The maximum Gasteiger partial charge on any atom is 0.330 e. The summed E-state index contributed by atoms with van der Waals surface area (Å²) in [6.07, 6.45) is 8.16. The maximum atomic E-state index is 13.4. The molecule has 0 spiro atoms. The van der Waals surface area contributed by atoms with E-state index in [1.165, 1.54) is 0 Å². The second kappa shape index (κ2) is 21.2. The average molecular weight is 768 g/mol. The van der Waals surface area contributed by atoms with E-state index in [0.717, 1.165) is 42.3 Å². The molecule has 1 heterocycles. The number of unbranched alkanes of at least 4 members (excludes halogenated alkanes) is 3. The van der Waals surface area contributed by atoms with Crippen LogP contribution in [0.15, 0.2) is 89.4 Å². The Kier molecular flexibility index (Phi) is 15.6. The highest BCUT2D eigenvalue weighted by Gasteiger charge is 2.33. The summed E-state index contributed by atoms with van der Waals surface area (Å²) in [5.41, 5.74) is 1.23. The number of anilines is 1. The first kappa shape index (κ1) is 40.4. The molecule has 0 saturated heterocycles. The van der Waals surface area contributed by atoms with Crippen molar-refractivity contribution in [2.24, 2.45) is 16.9 Å². The van der Waals surface area contributed by atoms with Crippen LogP contribution < -0.4 is 24.3 Å². The molecule has 13 heteroatoms. The molecule has 55 heavy (non-hydrogen) atoms. The Labute approximate surface area is 325 Å². The van der Waals surface area contributed by atoms with Gasteiger partial charge in [0, 0.05) is 16.5 Å². The topological polar surface area (TPSA) is 142 Å². The number of benzene rings is 3. The van der Waals surface area contributed by atoms with E-state index < -0.39 is 17.9 Å². The van der Waals surface area contributed by atoms with Gasteiger partial charge in [0.05, 0.1) is 37.0 Å². The number of hydrogen-bond acceptors (Lipinski definition) is 13. The number of nitrogens with one attached hydrogen (secondary N) is 1. The normalized spacial score (nSPS) is 17.1. The van der Waals surface area contributed by atoms with Crippen molar-refractivity contribution in [1.29, 1.82) is 0 Å². The van der Waals surface area contributed by atoms with E-state index >= 15 is 0 Å². The highest BCUT2D eigenvalue weighted by molar-refractivity contribution is 8.00. The van der Waals surface area contributed by atoms with Gasteiger partial charge in [-0.1, -0.05) is 36.4 Å². The van der Waals surface area contributed by atoms with Gasteiger partial charge in [0.1, 0.15) is 29.5 Å². The van der Waals surface area contributed by atoms with Crippen LogP contribution in [0.1, 0.15) is 63.9 Å². The van der Waals surface area contributed by atoms with Gasteiger partial charge in [-0.25, -0.2) is 4.79 Å². The lowest BCUT2D eigenvalue weighted by Crippen LogP contribution is -2.32. The number of rotatable bonds is 19. The molecule has 1 fully saturated rings. The maximum absolute atomic E-state index is 13.4. The lowest BCUT2D eigenvalue weighted by molar-refractivity contribution is -0.145. The van der Waals surface area contributed by atoms with Crippen molar-refractivity contribution in [1.82, 2.24) is 5.01 Å². The molecule has 0 bridgehead atoms. The third-order valence-corrected chi connectivity index (χ3v) is 10.2. The van der Waals surface area contributed by atoms with Gasteiger partial charge in [-0.05, 0) is 113 Å². The van der Waals surface area contributed by atoms with Crippen LogP contribution in [-0.4, -0.2) is 60.9 Å². The second-order valence-corrected chi connectivity index (χ2v) is 13.9. The molecule has 1 aliphatic carbocycles. The first-order chi connectivity index (χ1) is 26.9. The monoisotopic (exact) mass is 767 g/mol. The Hall–Kier alpha value is -5.74. The molecule has 3 aromatic rings. The van der Waals surface area contributed by atoms with Crippen molar-refractivity contribution < 1.29 is 42.9 Å². The lowest BCUT2D eigenvalue weighted by atomic mass is 9.82. The summed E-state index contributed by atoms with van der Waals surface area (Å²) in [7, 11) is 0. The van der Waals surface area contributed by atoms with Crippen LogP contribution in [-0.2, 0) is 23.9 Å². The van der Waals surface area contributed by atoms with Gasteiger partial charge in [-0.15, -0.1) is 5.92 Å². The van der Waals surface area contributed by atoms with Gasteiger partial charge >= 0.3 is 17.9 Å². The van der Waals surface area contributed by atoms with Crippen LogP contribution in [0.3, 0.4) is 0 Å². The van der Waals surface area contributed by atoms with Crippen LogP contribution in [0.5, 0.6) is 23.0 Å². The molecule has 3 aromatic carbocycles. The molecule has 1 aliphatic heterocycles. The van der Waals surface area contributed by atoms with Crippen LogP contribution >= 0.6 is 11.8 Å². The number of para-hydroxylation sites is 1. The van der Waals surface area contributed by atoms with E-state index in [9.17, 15) is 19.2 Å². The Morgan fingerprint density at radius 3 is 2.25 bits per heavy atom. The predicted octanol–water partition coefficient (Wildman–Crippen LogP) is 7.37. The Morgan fingerprint density at radius 1 is 0.891 bits per heavy atom. The van der Waals surface area contributed by atoms with Crippen LogP contribution in [0, 0.1) is 23.7 Å². The van der Waals surface area contributed by atoms with Crippen molar-refractivity contribution in [3.8, 4) is 34.8 Å². The molecule has 12 nitrogen and oxygen atoms in total. The van der Waals surface area contributed by atoms with Crippen LogP contribution in [0.25, 0.3) is 0 Å². The van der Waals surface area contributed by atoms with E-state index in [-0.39, 0.29) is 28.9 Å². The summed E-state index contributed by atoms with van der Waals surface area (Å²) in [4.78, 5) is 49.6. The number of thioether (sulfide) groups is 1. The average Bonchev–Trinajstić information content (AvgIpc) is 3.64. The van der Waals surface area contributed by atoms with Gasteiger partial charge in [0.2, 0.25) is 0 Å². The van der Waals surface area contributed by atoms with E-state index in [1.54, 1.807) is 72.4 Å². The minimum atomic E-state index is -0.410.